The molecule has 1 atom stereocenters. The molecule has 4 nitrogen and oxygen atoms in total. The van der Waals surface area contributed by atoms with Gasteiger partial charge in [-0.3, -0.25) is 4.79 Å². The standard InChI is InChI=1S/C17H18N2O2/c1-11(2)21-13-9-7-12(8-10-13)16-18-15-6-4-3-5-14(15)17(20)19-16/h3-11,16,18H,1-2H3,(H,19,20)/t16-/m1/s1. The fourth-order valence-electron chi connectivity index (χ4n) is 2.39. The third-order valence-electron chi connectivity index (χ3n) is 3.33. The lowest BCUT2D eigenvalue weighted by Crippen LogP contribution is -2.38. The zero-order valence-electron chi connectivity index (χ0n) is 12.1. The van der Waals surface area contributed by atoms with Gasteiger partial charge in [0.05, 0.1) is 11.7 Å². The monoisotopic (exact) mass is 282 g/mol. The van der Waals surface area contributed by atoms with Crippen molar-refractivity contribution in [3.8, 4) is 5.75 Å². The van der Waals surface area contributed by atoms with Crippen LogP contribution >= 0.6 is 0 Å². The van der Waals surface area contributed by atoms with Gasteiger partial charge in [-0.1, -0.05) is 24.3 Å². The van der Waals surface area contributed by atoms with Crippen LogP contribution in [0, 0.1) is 0 Å². The smallest absolute Gasteiger partial charge is 0.255 e. The van der Waals surface area contributed by atoms with Crippen LogP contribution in [0.3, 0.4) is 0 Å². The van der Waals surface area contributed by atoms with Gasteiger partial charge in [-0.15, -0.1) is 0 Å². The van der Waals surface area contributed by atoms with E-state index in [-0.39, 0.29) is 18.2 Å². The Bertz CT molecular complexity index is 650. The van der Waals surface area contributed by atoms with Crippen LogP contribution < -0.4 is 15.4 Å². The summed E-state index contributed by atoms with van der Waals surface area (Å²) in [6, 6.07) is 15.3. The largest absolute Gasteiger partial charge is 0.491 e. The molecule has 4 heteroatoms. The molecule has 21 heavy (non-hydrogen) atoms. The Kier molecular flexibility index (Phi) is 3.52. The molecule has 3 rings (SSSR count). The highest BCUT2D eigenvalue weighted by Crippen LogP contribution is 2.27. The molecule has 0 unspecified atom stereocenters. The van der Waals surface area contributed by atoms with Gasteiger partial charge in [0.15, 0.2) is 0 Å². The number of rotatable bonds is 3. The maximum Gasteiger partial charge on any atom is 0.255 e. The minimum atomic E-state index is -0.222. The molecule has 0 bridgehead atoms. The highest BCUT2D eigenvalue weighted by molar-refractivity contribution is 6.01. The summed E-state index contributed by atoms with van der Waals surface area (Å²) in [5.41, 5.74) is 2.52. The minimum Gasteiger partial charge on any atom is -0.491 e. The van der Waals surface area contributed by atoms with E-state index < -0.39 is 0 Å². The Labute approximate surface area is 124 Å². The van der Waals surface area contributed by atoms with Crippen molar-refractivity contribution in [2.45, 2.75) is 26.1 Å². The summed E-state index contributed by atoms with van der Waals surface area (Å²) in [7, 11) is 0. The van der Waals surface area contributed by atoms with E-state index in [0.29, 0.717) is 5.56 Å². The van der Waals surface area contributed by atoms with Gasteiger partial charge in [0.2, 0.25) is 0 Å². The minimum absolute atomic E-state index is 0.0585. The first-order valence-corrected chi connectivity index (χ1v) is 7.06. The molecular weight excluding hydrogens is 264 g/mol. The van der Waals surface area contributed by atoms with Crippen LogP contribution in [-0.4, -0.2) is 12.0 Å². The van der Waals surface area contributed by atoms with Crippen LogP contribution in [0.4, 0.5) is 5.69 Å². The van der Waals surface area contributed by atoms with Crippen LogP contribution in [0.25, 0.3) is 0 Å². The van der Waals surface area contributed by atoms with E-state index in [9.17, 15) is 4.79 Å². The number of carbonyl (C=O) groups excluding carboxylic acids is 1. The average Bonchev–Trinajstić information content (AvgIpc) is 2.47. The van der Waals surface area contributed by atoms with Gasteiger partial charge in [0.1, 0.15) is 11.9 Å². The molecule has 1 aliphatic rings. The van der Waals surface area contributed by atoms with Crippen molar-refractivity contribution in [3.63, 3.8) is 0 Å². The van der Waals surface area contributed by atoms with E-state index in [1.807, 2.05) is 62.4 Å². The molecule has 0 aliphatic carbocycles. The van der Waals surface area contributed by atoms with Gasteiger partial charge in [0, 0.05) is 5.69 Å². The van der Waals surface area contributed by atoms with Crippen LogP contribution in [0.2, 0.25) is 0 Å². The molecule has 0 fully saturated rings. The van der Waals surface area contributed by atoms with Gasteiger partial charge >= 0.3 is 0 Å². The van der Waals surface area contributed by atoms with Crippen molar-refractivity contribution in [2.24, 2.45) is 0 Å². The first-order valence-electron chi connectivity index (χ1n) is 7.06. The number of para-hydroxylation sites is 1. The van der Waals surface area contributed by atoms with Gasteiger partial charge in [-0.25, -0.2) is 0 Å². The van der Waals surface area contributed by atoms with Crippen molar-refractivity contribution in [1.29, 1.82) is 0 Å². The summed E-state index contributed by atoms with van der Waals surface area (Å²) in [5, 5.41) is 6.29. The second-order valence-corrected chi connectivity index (χ2v) is 5.33. The zero-order chi connectivity index (χ0) is 14.8. The quantitative estimate of drug-likeness (QED) is 0.908. The molecule has 2 aromatic carbocycles. The van der Waals surface area contributed by atoms with Crippen LogP contribution in [0.15, 0.2) is 48.5 Å². The number of hydrogen-bond donors (Lipinski definition) is 2. The van der Waals surface area contributed by atoms with Crippen molar-refractivity contribution < 1.29 is 9.53 Å². The Morgan fingerprint density at radius 2 is 1.71 bits per heavy atom. The third kappa shape index (κ3) is 2.84. The second kappa shape index (κ2) is 5.48. The van der Waals surface area contributed by atoms with E-state index in [2.05, 4.69) is 10.6 Å². The van der Waals surface area contributed by atoms with E-state index in [4.69, 9.17) is 4.74 Å². The second-order valence-electron chi connectivity index (χ2n) is 5.33. The molecule has 0 radical (unpaired) electrons. The first kappa shape index (κ1) is 13.5. The number of carbonyl (C=O) groups is 1. The molecule has 0 saturated heterocycles. The van der Waals surface area contributed by atoms with Gasteiger partial charge < -0.3 is 15.4 Å². The van der Waals surface area contributed by atoms with Crippen LogP contribution in [-0.2, 0) is 0 Å². The summed E-state index contributed by atoms with van der Waals surface area (Å²) in [6.07, 6.45) is -0.0734. The number of ether oxygens (including phenoxy) is 1. The number of amides is 1. The SMILES string of the molecule is CC(C)Oc1ccc([C@H]2NC(=O)c3ccccc3N2)cc1. The number of anilines is 1. The summed E-state index contributed by atoms with van der Waals surface area (Å²) in [6.45, 7) is 3.99. The predicted molar refractivity (Wildman–Crippen MR) is 82.5 cm³/mol. The molecule has 2 N–H and O–H groups in total. The first-order chi connectivity index (χ1) is 10.1. The van der Waals surface area contributed by atoms with Crippen molar-refractivity contribution in [1.82, 2.24) is 5.32 Å². The molecule has 1 aliphatic heterocycles. The summed E-state index contributed by atoms with van der Waals surface area (Å²) < 4.78 is 5.63. The summed E-state index contributed by atoms with van der Waals surface area (Å²) in [4.78, 5) is 12.1. The molecule has 0 saturated carbocycles. The Morgan fingerprint density at radius 1 is 1.00 bits per heavy atom. The van der Waals surface area contributed by atoms with Crippen LogP contribution in [0.5, 0.6) is 5.75 Å². The molecule has 0 spiro atoms. The topological polar surface area (TPSA) is 50.4 Å². The lowest BCUT2D eigenvalue weighted by Gasteiger charge is -2.28. The fraction of sp³-hybridized carbons (Fsp3) is 0.235. The van der Waals surface area contributed by atoms with Gasteiger partial charge in [0.25, 0.3) is 5.91 Å². The van der Waals surface area contributed by atoms with Crippen molar-refractivity contribution in [2.75, 3.05) is 5.32 Å². The van der Waals surface area contributed by atoms with Gasteiger partial charge in [-0.05, 0) is 43.7 Å². The Morgan fingerprint density at radius 3 is 2.43 bits per heavy atom. The van der Waals surface area contributed by atoms with E-state index in [1.165, 1.54) is 0 Å². The predicted octanol–water partition coefficient (Wildman–Crippen LogP) is 3.33. The molecular formula is C17H18N2O2. The third-order valence-corrected chi connectivity index (χ3v) is 3.33. The summed E-state index contributed by atoms with van der Waals surface area (Å²) in [5.74, 6) is 0.771. The Balaban J connectivity index is 1.81. The number of hydrogen-bond acceptors (Lipinski definition) is 3. The zero-order valence-corrected chi connectivity index (χ0v) is 12.1. The molecule has 2 aromatic rings. The molecule has 0 aromatic heterocycles. The lowest BCUT2D eigenvalue weighted by atomic mass is 10.1. The van der Waals surface area contributed by atoms with E-state index in [1.54, 1.807) is 0 Å². The highest BCUT2D eigenvalue weighted by atomic mass is 16.5. The molecule has 1 heterocycles. The van der Waals surface area contributed by atoms with E-state index >= 15 is 0 Å². The lowest BCUT2D eigenvalue weighted by molar-refractivity contribution is 0.0935. The highest BCUT2D eigenvalue weighted by Gasteiger charge is 2.23. The summed E-state index contributed by atoms with van der Waals surface area (Å²) >= 11 is 0. The Hall–Kier alpha value is -2.49. The molecule has 1 amide bonds. The number of nitrogens with one attached hydrogen (secondary N) is 2. The number of fused-ring (bicyclic) bond motifs is 1. The van der Waals surface area contributed by atoms with Crippen LogP contribution in [0.1, 0.15) is 35.9 Å². The average molecular weight is 282 g/mol. The van der Waals surface area contributed by atoms with Crippen molar-refractivity contribution >= 4 is 11.6 Å². The fourth-order valence-corrected chi connectivity index (χ4v) is 2.39. The maximum absolute atomic E-state index is 12.1. The van der Waals surface area contributed by atoms with Crippen molar-refractivity contribution in [3.05, 3.63) is 59.7 Å². The molecule has 108 valence electrons. The number of benzene rings is 2. The van der Waals surface area contributed by atoms with Gasteiger partial charge in [-0.2, -0.15) is 0 Å². The maximum atomic E-state index is 12.1. The normalized spacial score (nSPS) is 16.9. The van der Waals surface area contributed by atoms with E-state index in [0.717, 1.165) is 17.0 Å².